The van der Waals surface area contributed by atoms with Crippen LogP contribution in [-0.2, 0) is 8.38 Å². The Morgan fingerprint density at radius 2 is 1.50 bits per heavy atom. The van der Waals surface area contributed by atoms with Gasteiger partial charge < -0.3 is 0 Å². The second kappa shape index (κ2) is 3.47. The van der Waals surface area contributed by atoms with Gasteiger partial charge in [-0.2, -0.15) is 0 Å². The fraction of sp³-hybridized carbons (Fsp3) is 0. The maximum absolute atomic E-state index is 9.22. The average molecular weight is 181 g/mol. The van der Waals surface area contributed by atoms with Gasteiger partial charge in [0.1, 0.15) is 0 Å². The van der Waals surface area contributed by atoms with Crippen LogP contribution in [0.2, 0.25) is 0 Å². The van der Waals surface area contributed by atoms with Gasteiger partial charge in [-0.15, -0.1) is 0 Å². The van der Waals surface area contributed by atoms with Crippen LogP contribution in [0.15, 0.2) is 0 Å². The maximum atomic E-state index is 9.22. The van der Waals surface area contributed by atoms with Crippen molar-refractivity contribution >= 4 is 53.6 Å². The maximum Gasteiger partial charge on any atom is 0 e. The normalized spacial score (nSPS) is 9.67. The van der Waals surface area contributed by atoms with Crippen LogP contribution in [0.5, 0.6) is 0 Å². The summed E-state index contributed by atoms with van der Waals surface area (Å²) >= 11 is 0.319. The molecule has 0 heterocycles. The molecule has 3 nitrogen and oxygen atoms in total. The van der Waals surface area contributed by atoms with E-state index < -0.39 is 8.38 Å². The van der Waals surface area contributed by atoms with Crippen molar-refractivity contribution in [3.05, 3.63) is 0 Å². The Morgan fingerprint density at radius 3 is 1.50 bits per heavy atom. The van der Waals surface area contributed by atoms with Gasteiger partial charge in [0.25, 0.3) is 0 Å². The summed E-state index contributed by atoms with van der Waals surface area (Å²) in [5.41, 5.74) is 0. The van der Waals surface area contributed by atoms with Crippen LogP contribution in [0.25, 0.3) is 0 Å². The van der Waals surface area contributed by atoms with E-state index in [1.165, 1.54) is 0 Å². The molecule has 0 aromatic heterocycles. The zero-order valence-corrected chi connectivity index (χ0v) is 8.49. The second-order valence-electron chi connectivity index (χ2n) is 0.515. The van der Waals surface area contributed by atoms with Gasteiger partial charge in [0, 0.05) is 29.6 Å². The minimum atomic E-state index is -3.60. The summed E-state index contributed by atoms with van der Waals surface area (Å²) in [6.45, 7) is 0. The molecule has 1 N–H and O–H groups in total. The molecule has 0 aromatic carbocycles. The van der Waals surface area contributed by atoms with Crippen LogP contribution >= 0.6 is 0 Å². The first kappa shape index (κ1) is 10.4. The number of hydrogen-bond acceptors (Lipinski definition) is 2. The van der Waals surface area contributed by atoms with Gasteiger partial charge in [0.2, 0.25) is 0 Å². The summed E-state index contributed by atoms with van der Waals surface area (Å²) < 4.78 is 26.0. The monoisotopic (exact) mass is 181 g/mol. The second-order valence-corrected chi connectivity index (χ2v) is 5.29. The first-order valence-electron chi connectivity index (χ1n) is 0.752. The van der Waals surface area contributed by atoms with Crippen LogP contribution in [-0.4, -0.2) is 58.2 Å². The summed E-state index contributed by atoms with van der Waals surface area (Å²) in [6.07, 6.45) is 0. The molecule has 1 unspecified atom stereocenters. The summed E-state index contributed by atoms with van der Waals surface area (Å²) in [6, 6.07) is 0. The summed E-state index contributed by atoms with van der Waals surface area (Å²) in [4.78, 5) is 0. The fourth-order valence-corrected chi connectivity index (χ4v) is 0. The Bertz CT molecular complexity index is 94.0. The van der Waals surface area contributed by atoms with Gasteiger partial charge in [-0.3, -0.25) is 0 Å². The fourth-order valence-electron chi connectivity index (χ4n) is 0. The van der Waals surface area contributed by atoms with Crippen LogP contribution in [0.4, 0.5) is 0 Å². The molecule has 0 bridgehead atoms. The molecule has 1 atom stereocenters. The molecule has 33 valence electrons. The summed E-state index contributed by atoms with van der Waals surface area (Å²) in [5.74, 6) is 0. The minimum absolute atomic E-state index is 0. The van der Waals surface area contributed by atoms with Crippen LogP contribution in [0, 0.1) is 0 Å². The van der Waals surface area contributed by atoms with Crippen molar-refractivity contribution in [1.29, 1.82) is 0 Å². The van der Waals surface area contributed by atoms with E-state index in [1.54, 1.807) is 0 Å². The summed E-state index contributed by atoms with van der Waals surface area (Å²) in [5, 5.41) is 0. The topological polar surface area (TPSA) is 54.4 Å². The number of hydrogen-bond donors (Lipinski definition) is 1. The average Bonchev–Trinajstić information content (AvgIpc) is 0.722. The van der Waals surface area contributed by atoms with Gasteiger partial charge in [-0.05, 0) is 0 Å². The van der Waals surface area contributed by atoms with E-state index in [1.807, 2.05) is 0 Å². The van der Waals surface area contributed by atoms with Crippen LogP contribution in [0.1, 0.15) is 0 Å². The molecule has 0 saturated heterocycles. The molecule has 0 aliphatic carbocycles. The SMILES string of the molecule is O=S(=O)(O)[AsH2].[Na]. The minimum Gasteiger partial charge on any atom is 0 e. The molecule has 0 fully saturated rings. The van der Waals surface area contributed by atoms with Crippen molar-refractivity contribution in [2.24, 2.45) is 0 Å². The number of rotatable bonds is 0. The van der Waals surface area contributed by atoms with E-state index in [0.29, 0.717) is 15.7 Å². The smallest absolute Gasteiger partial charge is 0 e. The Labute approximate surface area is 66.0 Å². The van der Waals surface area contributed by atoms with E-state index in [4.69, 9.17) is 4.55 Å². The molecule has 6 heteroatoms. The molecule has 6 heavy (non-hydrogen) atoms. The van der Waals surface area contributed by atoms with Crippen molar-refractivity contribution in [2.75, 3.05) is 0 Å². The standard InChI is InChI=1S/AsH3O3S.Na/c1-5(2,3)4;/h1H2,(H,2,3,4);. The van der Waals surface area contributed by atoms with Crippen molar-refractivity contribution in [3.63, 3.8) is 0 Å². The summed E-state index contributed by atoms with van der Waals surface area (Å²) in [7, 11) is -3.60. The van der Waals surface area contributed by atoms with Crippen molar-refractivity contribution in [3.8, 4) is 0 Å². The molecule has 0 rings (SSSR count). The van der Waals surface area contributed by atoms with Crippen molar-refractivity contribution in [1.82, 2.24) is 0 Å². The van der Waals surface area contributed by atoms with Gasteiger partial charge >= 0.3 is 37.0 Å². The van der Waals surface area contributed by atoms with Crippen LogP contribution < -0.4 is 0 Å². The van der Waals surface area contributed by atoms with E-state index in [9.17, 15) is 8.42 Å². The third-order valence-corrected chi connectivity index (χ3v) is 0. The third-order valence-electron chi connectivity index (χ3n) is 0. The molecule has 0 amide bonds. The molecular formula is H3AsNaO3S. The predicted octanol–water partition coefficient (Wildman–Crippen LogP) is -1.96. The van der Waals surface area contributed by atoms with E-state index in [-0.39, 0.29) is 29.6 Å². The predicted molar refractivity (Wildman–Crippen MR) is 25.8 cm³/mol. The molecule has 0 aliphatic heterocycles. The third kappa shape index (κ3) is 50.6. The Hall–Kier alpha value is 1.47. The Kier molecular flexibility index (Phi) is 6.04. The van der Waals surface area contributed by atoms with Gasteiger partial charge in [-0.1, -0.05) is 0 Å². The molecule has 0 saturated carbocycles. The largest absolute Gasteiger partial charge is 0 e. The van der Waals surface area contributed by atoms with Crippen molar-refractivity contribution < 1.29 is 13.0 Å². The zero-order chi connectivity index (χ0) is 4.50. The van der Waals surface area contributed by atoms with Gasteiger partial charge in [0.05, 0.1) is 0 Å². The quantitative estimate of drug-likeness (QED) is 0.348. The Morgan fingerprint density at radius 1 is 1.50 bits per heavy atom. The molecule has 1 radical (unpaired) electrons. The van der Waals surface area contributed by atoms with Gasteiger partial charge in [0.15, 0.2) is 0 Å². The first-order chi connectivity index (χ1) is 2.00. The van der Waals surface area contributed by atoms with E-state index in [2.05, 4.69) is 0 Å². The molecule has 0 spiro atoms. The molecule has 0 aromatic rings. The molecular weight excluding hydrogens is 178 g/mol. The van der Waals surface area contributed by atoms with Crippen LogP contribution in [0.3, 0.4) is 0 Å². The molecule has 0 aliphatic rings. The van der Waals surface area contributed by atoms with E-state index in [0.717, 1.165) is 0 Å². The van der Waals surface area contributed by atoms with Crippen molar-refractivity contribution in [2.45, 2.75) is 0 Å². The first-order valence-corrected chi connectivity index (χ1v) is 5.22. The van der Waals surface area contributed by atoms with Gasteiger partial charge in [-0.25, -0.2) is 0 Å². The Balaban J connectivity index is 0. The van der Waals surface area contributed by atoms with E-state index >= 15 is 0 Å². The zero-order valence-electron chi connectivity index (χ0n) is 3.25.